The van der Waals surface area contributed by atoms with Crippen LogP contribution >= 0.6 is 11.6 Å². The third-order valence-corrected chi connectivity index (χ3v) is 2.38. The minimum absolute atomic E-state index is 0.316. The molecule has 86 valence electrons. The molecule has 1 aromatic carbocycles. The van der Waals surface area contributed by atoms with Gasteiger partial charge in [0.1, 0.15) is 0 Å². The molecule has 0 aromatic heterocycles. The lowest BCUT2D eigenvalue weighted by atomic mass is 10.1. The fourth-order valence-corrected chi connectivity index (χ4v) is 1.82. The number of amides is 2. The molecule has 0 unspecified atom stereocenters. The number of hydrogen-bond acceptors (Lipinski definition) is 2. The summed E-state index contributed by atoms with van der Waals surface area (Å²) in [4.78, 5) is 11.2. The number of carbonyl (C=O) groups excluding carboxylic acids is 1. The van der Waals surface area contributed by atoms with E-state index < -0.39 is 0 Å². The molecule has 1 aromatic rings. The van der Waals surface area contributed by atoms with Crippen LogP contribution in [0.25, 0.3) is 0 Å². The molecule has 0 saturated carbocycles. The number of aryl methyl sites for hydroxylation is 1. The Morgan fingerprint density at radius 3 is 2.56 bits per heavy atom. The SMILES string of the molecule is CNC(=O)Nc1cc(C)cc(Cl)c1C(C)=N. The smallest absolute Gasteiger partial charge is 0.318 e. The summed E-state index contributed by atoms with van der Waals surface area (Å²) in [6.45, 7) is 3.51. The van der Waals surface area contributed by atoms with Gasteiger partial charge < -0.3 is 16.0 Å². The van der Waals surface area contributed by atoms with Crippen molar-refractivity contribution in [1.82, 2.24) is 5.32 Å². The van der Waals surface area contributed by atoms with Gasteiger partial charge in [-0.2, -0.15) is 0 Å². The van der Waals surface area contributed by atoms with Crippen molar-refractivity contribution in [2.45, 2.75) is 13.8 Å². The number of rotatable bonds is 2. The normalized spacial score (nSPS) is 9.75. The van der Waals surface area contributed by atoms with Gasteiger partial charge in [-0.15, -0.1) is 0 Å². The molecule has 0 fully saturated rings. The average Bonchev–Trinajstić information content (AvgIpc) is 2.15. The summed E-state index contributed by atoms with van der Waals surface area (Å²) in [5.74, 6) is 0. The largest absolute Gasteiger partial charge is 0.341 e. The molecule has 3 N–H and O–H groups in total. The summed E-state index contributed by atoms with van der Waals surface area (Å²) < 4.78 is 0. The highest BCUT2D eigenvalue weighted by Crippen LogP contribution is 2.26. The van der Waals surface area contributed by atoms with Crippen LogP contribution in [0.3, 0.4) is 0 Å². The topological polar surface area (TPSA) is 65.0 Å². The number of nitrogens with one attached hydrogen (secondary N) is 3. The summed E-state index contributed by atoms with van der Waals surface area (Å²) in [5.41, 5.74) is 2.35. The van der Waals surface area contributed by atoms with Gasteiger partial charge in [-0.05, 0) is 31.5 Å². The molecule has 0 atom stereocenters. The minimum atomic E-state index is -0.329. The summed E-state index contributed by atoms with van der Waals surface area (Å²) >= 11 is 6.04. The van der Waals surface area contributed by atoms with Crippen molar-refractivity contribution in [3.63, 3.8) is 0 Å². The molecule has 0 bridgehead atoms. The van der Waals surface area contributed by atoms with E-state index in [9.17, 15) is 4.79 Å². The van der Waals surface area contributed by atoms with Crippen LogP contribution in [0.1, 0.15) is 18.1 Å². The molecular weight excluding hydrogens is 226 g/mol. The van der Waals surface area contributed by atoms with E-state index >= 15 is 0 Å². The first kappa shape index (κ1) is 12.5. The third kappa shape index (κ3) is 2.73. The number of benzene rings is 1. The molecular formula is C11H14ClN3O. The maximum atomic E-state index is 11.2. The molecule has 16 heavy (non-hydrogen) atoms. The highest BCUT2D eigenvalue weighted by molar-refractivity contribution is 6.35. The van der Waals surface area contributed by atoms with Gasteiger partial charge in [-0.25, -0.2) is 4.79 Å². The van der Waals surface area contributed by atoms with E-state index in [4.69, 9.17) is 17.0 Å². The van der Waals surface area contributed by atoms with Crippen molar-refractivity contribution >= 4 is 29.0 Å². The molecule has 0 spiro atoms. The first-order valence-electron chi connectivity index (χ1n) is 4.80. The standard InChI is InChI=1S/C11H14ClN3O/c1-6-4-8(12)10(7(2)13)9(5-6)15-11(16)14-3/h4-5,13H,1-3H3,(H2,14,15,16). The summed E-state index contributed by atoms with van der Waals surface area (Å²) in [7, 11) is 1.53. The van der Waals surface area contributed by atoms with E-state index in [2.05, 4.69) is 10.6 Å². The predicted octanol–water partition coefficient (Wildman–Crippen LogP) is 2.79. The average molecular weight is 240 g/mol. The predicted molar refractivity (Wildman–Crippen MR) is 66.8 cm³/mol. The molecule has 2 amide bonds. The number of halogens is 1. The maximum absolute atomic E-state index is 11.2. The van der Waals surface area contributed by atoms with Crippen molar-refractivity contribution in [2.24, 2.45) is 0 Å². The third-order valence-electron chi connectivity index (χ3n) is 2.08. The van der Waals surface area contributed by atoms with Crippen molar-refractivity contribution in [2.75, 3.05) is 12.4 Å². The van der Waals surface area contributed by atoms with Gasteiger partial charge >= 0.3 is 6.03 Å². The lowest BCUT2D eigenvalue weighted by Gasteiger charge is -2.12. The minimum Gasteiger partial charge on any atom is -0.341 e. The quantitative estimate of drug-likeness (QED) is 0.683. The maximum Gasteiger partial charge on any atom is 0.318 e. The second-order valence-corrected chi connectivity index (χ2v) is 3.91. The molecule has 0 aliphatic carbocycles. The van der Waals surface area contributed by atoms with Crippen LogP contribution in [0, 0.1) is 12.3 Å². The number of urea groups is 1. The van der Waals surface area contributed by atoms with Gasteiger partial charge in [-0.1, -0.05) is 11.6 Å². The summed E-state index contributed by atoms with van der Waals surface area (Å²) in [5, 5.41) is 13.2. The highest BCUT2D eigenvalue weighted by atomic mass is 35.5. The van der Waals surface area contributed by atoms with Crippen LogP contribution in [0.5, 0.6) is 0 Å². The fraction of sp³-hybridized carbons (Fsp3) is 0.273. The molecule has 0 radical (unpaired) electrons. The molecule has 0 aliphatic heterocycles. The van der Waals surface area contributed by atoms with Gasteiger partial charge in [-0.3, -0.25) is 0 Å². The lowest BCUT2D eigenvalue weighted by molar-refractivity contribution is 0.254. The zero-order valence-corrected chi connectivity index (χ0v) is 10.2. The second kappa shape index (κ2) is 4.99. The van der Waals surface area contributed by atoms with Crippen molar-refractivity contribution in [3.05, 3.63) is 28.3 Å². The fourth-order valence-electron chi connectivity index (χ4n) is 1.41. The van der Waals surface area contributed by atoms with Gasteiger partial charge in [0.2, 0.25) is 0 Å². The first-order chi connectivity index (χ1) is 7.45. The highest BCUT2D eigenvalue weighted by Gasteiger charge is 2.12. The van der Waals surface area contributed by atoms with Crippen LogP contribution in [0.2, 0.25) is 5.02 Å². The first-order valence-corrected chi connectivity index (χ1v) is 5.18. The zero-order valence-electron chi connectivity index (χ0n) is 9.44. The van der Waals surface area contributed by atoms with E-state index in [1.54, 1.807) is 19.1 Å². The van der Waals surface area contributed by atoms with Crippen LogP contribution in [-0.2, 0) is 0 Å². The molecule has 5 heteroatoms. The molecule has 0 aliphatic rings. The van der Waals surface area contributed by atoms with E-state index in [1.165, 1.54) is 7.05 Å². The number of carbonyl (C=O) groups is 1. The Balaban J connectivity index is 3.24. The molecule has 0 saturated heterocycles. The van der Waals surface area contributed by atoms with E-state index in [1.807, 2.05) is 6.92 Å². The Hall–Kier alpha value is -1.55. The Labute approximate surface area is 99.5 Å². The number of hydrogen-bond donors (Lipinski definition) is 3. The molecule has 0 heterocycles. The monoisotopic (exact) mass is 239 g/mol. The van der Waals surface area contributed by atoms with Gasteiger partial charge in [0.05, 0.1) is 10.7 Å². The van der Waals surface area contributed by atoms with E-state index in [-0.39, 0.29) is 6.03 Å². The Morgan fingerprint density at radius 1 is 1.44 bits per heavy atom. The lowest BCUT2D eigenvalue weighted by Crippen LogP contribution is -2.25. The van der Waals surface area contributed by atoms with Crippen LogP contribution in [-0.4, -0.2) is 18.8 Å². The van der Waals surface area contributed by atoms with Crippen LogP contribution in [0.4, 0.5) is 10.5 Å². The molecule has 1 rings (SSSR count). The Bertz CT molecular complexity index is 443. The zero-order chi connectivity index (χ0) is 12.3. The van der Waals surface area contributed by atoms with Crippen molar-refractivity contribution < 1.29 is 4.79 Å². The van der Waals surface area contributed by atoms with Gasteiger partial charge in [0, 0.05) is 18.3 Å². The van der Waals surface area contributed by atoms with E-state index in [0.29, 0.717) is 22.0 Å². The molecule has 4 nitrogen and oxygen atoms in total. The Morgan fingerprint density at radius 2 is 2.06 bits per heavy atom. The van der Waals surface area contributed by atoms with Crippen molar-refractivity contribution in [3.8, 4) is 0 Å². The van der Waals surface area contributed by atoms with Gasteiger partial charge in [0.15, 0.2) is 0 Å². The number of anilines is 1. The van der Waals surface area contributed by atoms with Gasteiger partial charge in [0.25, 0.3) is 0 Å². The van der Waals surface area contributed by atoms with E-state index in [0.717, 1.165) is 5.56 Å². The van der Waals surface area contributed by atoms with Crippen molar-refractivity contribution in [1.29, 1.82) is 5.41 Å². The van der Waals surface area contributed by atoms with Crippen LogP contribution in [0.15, 0.2) is 12.1 Å². The Kier molecular flexibility index (Phi) is 3.90. The summed E-state index contributed by atoms with van der Waals surface area (Å²) in [6.07, 6.45) is 0. The second-order valence-electron chi connectivity index (χ2n) is 3.50. The van der Waals surface area contributed by atoms with Crippen LogP contribution < -0.4 is 10.6 Å². The summed E-state index contributed by atoms with van der Waals surface area (Å²) in [6, 6.07) is 3.22.